The number of imidazole rings is 1. The fourth-order valence-electron chi connectivity index (χ4n) is 2.20. The Balaban J connectivity index is 2.34. The van der Waals surface area contributed by atoms with Gasteiger partial charge in [0, 0.05) is 18.8 Å². The summed E-state index contributed by atoms with van der Waals surface area (Å²) in [5.41, 5.74) is 0.914. The Morgan fingerprint density at radius 3 is 2.67 bits per heavy atom. The number of hydrogen-bond acceptors (Lipinski definition) is 3. The van der Waals surface area contributed by atoms with Gasteiger partial charge in [-0.05, 0) is 18.2 Å². The molecule has 1 aromatic carbocycles. The summed E-state index contributed by atoms with van der Waals surface area (Å²) in [6, 6.07) is 3.20. The Morgan fingerprint density at radius 2 is 2.00 bits per heavy atom. The summed E-state index contributed by atoms with van der Waals surface area (Å²) in [5, 5.41) is 9.17. The Labute approximate surface area is 117 Å². The second-order valence-electron chi connectivity index (χ2n) is 4.48. The van der Waals surface area contributed by atoms with Crippen LogP contribution in [0.25, 0.3) is 22.4 Å². The quantitative estimate of drug-likeness (QED) is 0.787. The molecule has 0 unspecified atom stereocenters. The molecule has 0 aliphatic heterocycles. The third-order valence-electron chi connectivity index (χ3n) is 3.21. The van der Waals surface area contributed by atoms with Crippen molar-refractivity contribution in [1.29, 1.82) is 0 Å². The van der Waals surface area contributed by atoms with E-state index in [2.05, 4.69) is 9.97 Å². The van der Waals surface area contributed by atoms with E-state index in [9.17, 15) is 13.6 Å². The van der Waals surface area contributed by atoms with Crippen molar-refractivity contribution in [1.82, 2.24) is 14.5 Å². The van der Waals surface area contributed by atoms with E-state index in [1.54, 1.807) is 23.9 Å². The standard InChI is InChI=1S/C14H9F2N3O2/c1-19-12-2-3-17-6-11(12)18-13(19)7-4-9(15)10(16)5-8(7)14(20)21/h2-6H,1H3,(H,20,21). The highest BCUT2D eigenvalue weighted by molar-refractivity contribution is 5.96. The maximum Gasteiger partial charge on any atom is 0.336 e. The summed E-state index contributed by atoms with van der Waals surface area (Å²) in [4.78, 5) is 19.4. The number of carbonyl (C=O) groups is 1. The van der Waals surface area contributed by atoms with Crippen LogP contribution in [0.1, 0.15) is 10.4 Å². The van der Waals surface area contributed by atoms with Gasteiger partial charge in [0.2, 0.25) is 0 Å². The van der Waals surface area contributed by atoms with Gasteiger partial charge >= 0.3 is 5.97 Å². The highest BCUT2D eigenvalue weighted by atomic mass is 19.2. The molecule has 0 aliphatic carbocycles. The third kappa shape index (κ3) is 2.03. The van der Waals surface area contributed by atoms with E-state index >= 15 is 0 Å². The third-order valence-corrected chi connectivity index (χ3v) is 3.21. The number of fused-ring (bicyclic) bond motifs is 1. The van der Waals surface area contributed by atoms with Gasteiger partial charge < -0.3 is 9.67 Å². The monoisotopic (exact) mass is 289 g/mol. The molecule has 3 aromatic rings. The number of carboxylic acid groups (broad SMARTS) is 1. The molecule has 0 fully saturated rings. The summed E-state index contributed by atoms with van der Waals surface area (Å²) in [6.07, 6.45) is 3.08. The van der Waals surface area contributed by atoms with Gasteiger partial charge in [0.15, 0.2) is 11.6 Å². The Morgan fingerprint density at radius 1 is 1.29 bits per heavy atom. The SMILES string of the molecule is Cn1c(-c2cc(F)c(F)cc2C(=O)O)nc2cnccc21. The molecule has 5 nitrogen and oxygen atoms in total. The molecule has 0 bridgehead atoms. The van der Waals surface area contributed by atoms with Gasteiger partial charge in [-0.3, -0.25) is 4.98 Å². The second kappa shape index (κ2) is 4.62. The smallest absolute Gasteiger partial charge is 0.336 e. The summed E-state index contributed by atoms with van der Waals surface area (Å²) in [7, 11) is 1.66. The molecular weight excluding hydrogens is 280 g/mol. The molecule has 106 valence electrons. The molecule has 0 saturated carbocycles. The lowest BCUT2D eigenvalue weighted by Crippen LogP contribution is -2.05. The van der Waals surface area contributed by atoms with Crippen molar-refractivity contribution in [2.75, 3.05) is 0 Å². The van der Waals surface area contributed by atoms with Crippen molar-refractivity contribution in [3.63, 3.8) is 0 Å². The lowest BCUT2D eigenvalue weighted by Gasteiger charge is -2.07. The molecule has 21 heavy (non-hydrogen) atoms. The number of halogens is 2. The van der Waals surface area contributed by atoms with E-state index in [0.717, 1.165) is 6.07 Å². The number of benzene rings is 1. The van der Waals surface area contributed by atoms with E-state index in [-0.39, 0.29) is 17.0 Å². The maximum atomic E-state index is 13.5. The fourth-order valence-corrected chi connectivity index (χ4v) is 2.20. The van der Waals surface area contributed by atoms with Gasteiger partial charge in [-0.25, -0.2) is 18.6 Å². The lowest BCUT2D eigenvalue weighted by atomic mass is 10.1. The summed E-state index contributed by atoms with van der Waals surface area (Å²) in [6.45, 7) is 0. The molecule has 2 heterocycles. The molecule has 0 radical (unpaired) electrons. The van der Waals surface area contributed by atoms with Gasteiger partial charge in [0.25, 0.3) is 0 Å². The molecule has 7 heteroatoms. The molecule has 0 spiro atoms. The normalized spacial score (nSPS) is 11.0. The fraction of sp³-hybridized carbons (Fsp3) is 0.0714. The van der Waals surface area contributed by atoms with Gasteiger partial charge in [0.1, 0.15) is 11.3 Å². The van der Waals surface area contributed by atoms with Gasteiger partial charge in [-0.15, -0.1) is 0 Å². The van der Waals surface area contributed by atoms with Crippen LogP contribution in [0.15, 0.2) is 30.6 Å². The number of hydrogen-bond donors (Lipinski definition) is 1. The minimum absolute atomic E-state index is 0.0140. The Bertz CT molecular complexity index is 874. The zero-order valence-electron chi connectivity index (χ0n) is 10.8. The number of pyridine rings is 1. The molecule has 0 atom stereocenters. The van der Waals surface area contributed by atoms with Crippen LogP contribution in [-0.4, -0.2) is 25.6 Å². The van der Waals surface area contributed by atoms with Crippen LogP contribution in [0.2, 0.25) is 0 Å². The highest BCUT2D eigenvalue weighted by Crippen LogP contribution is 2.28. The van der Waals surface area contributed by atoms with E-state index in [1.165, 1.54) is 6.20 Å². The second-order valence-corrected chi connectivity index (χ2v) is 4.48. The first kappa shape index (κ1) is 13.2. The van der Waals surface area contributed by atoms with E-state index < -0.39 is 17.6 Å². The van der Waals surface area contributed by atoms with Crippen LogP contribution < -0.4 is 0 Å². The maximum absolute atomic E-state index is 13.5. The first-order valence-electron chi connectivity index (χ1n) is 5.98. The number of aryl methyl sites for hydroxylation is 1. The summed E-state index contributed by atoms with van der Waals surface area (Å²) < 4.78 is 28.4. The first-order valence-corrected chi connectivity index (χ1v) is 5.98. The van der Waals surface area contributed by atoms with Crippen LogP contribution in [0.4, 0.5) is 8.78 Å². The molecule has 1 N–H and O–H groups in total. The number of aromatic nitrogens is 3. The Hall–Kier alpha value is -2.83. The lowest BCUT2D eigenvalue weighted by molar-refractivity contribution is 0.0697. The number of carboxylic acids is 1. The number of nitrogens with zero attached hydrogens (tertiary/aromatic N) is 3. The van der Waals surface area contributed by atoms with E-state index in [0.29, 0.717) is 17.1 Å². The zero-order chi connectivity index (χ0) is 15.1. The van der Waals surface area contributed by atoms with Gasteiger partial charge in [-0.1, -0.05) is 0 Å². The summed E-state index contributed by atoms with van der Waals surface area (Å²) >= 11 is 0. The van der Waals surface area contributed by atoms with Crippen molar-refractivity contribution in [2.45, 2.75) is 0 Å². The molecule has 2 aromatic heterocycles. The highest BCUT2D eigenvalue weighted by Gasteiger charge is 2.20. The minimum atomic E-state index is -1.35. The van der Waals surface area contributed by atoms with E-state index in [1.807, 2.05) is 0 Å². The Kier molecular flexibility index (Phi) is 2.90. The predicted molar refractivity (Wildman–Crippen MR) is 70.8 cm³/mol. The minimum Gasteiger partial charge on any atom is -0.478 e. The summed E-state index contributed by atoms with van der Waals surface area (Å²) in [5.74, 6) is -3.46. The van der Waals surface area contributed by atoms with Crippen LogP contribution in [-0.2, 0) is 7.05 Å². The van der Waals surface area contributed by atoms with Crippen LogP contribution in [0.3, 0.4) is 0 Å². The van der Waals surface area contributed by atoms with Crippen molar-refractivity contribution < 1.29 is 18.7 Å². The first-order chi connectivity index (χ1) is 9.99. The van der Waals surface area contributed by atoms with Crippen molar-refractivity contribution in [3.05, 3.63) is 47.8 Å². The molecule has 0 amide bonds. The van der Waals surface area contributed by atoms with Gasteiger partial charge in [-0.2, -0.15) is 0 Å². The van der Waals surface area contributed by atoms with Crippen LogP contribution in [0.5, 0.6) is 0 Å². The number of aromatic carboxylic acids is 1. The van der Waals surface area contributed by atoms with Crippen LogP contribution >= 0.6 is 0 Å². The predicted octanol–water partition coefficient (Wildman–Crippen LogP) is 2.61. The molecular formula is C14H9F2N3O2. The van der Waals surface area contributed by atoms with Crippen molar-refractivity contribution >= 4 is 17.0 Å². The molecule has 0 aliphatic rings. The topological polar surface area (TPSA) is 68.0 Å². The zero-order valence-corrected chi connectivity index (χ0v) is 10.8. The number of rotatable bonds is 2. The van der Waals surface area contributed by atoms with Crippen molar-refractivity contribution in [2.24, 2.45) is 7.05 Å². The largest absolute Gasteiger partial charge is 0.478 e. The van der Waals surface area contributed by atoms with Crippen molar-refractivity contribution in [3.8, 4) is 11.4 Å². The average molecular weight is 289 g/mol. The van der Waals surface area contributed by atoms with Crippen LogP contribution in [0, 0.1) is 11.6 Å². The molecule has 0 saturated heterocycles. The molecule has 3 rings (SSSR count). The average Bonchev–Trinajstić information content (AvgIpc) is 2.79. The van der Waals surface area contributed by atoms with Gasteiger partial charge in [0.05, 0.1) is 17.3 Å². The van der Waals surface area contributed by atoms with E-state index in [4.69, 9.17) is 5.11 Å².